The van der Waals surface area contributed by atoms with Crippen LogP contribution in [-0.4, -0.2) is 29.3 Å². The molecule has 2 N–H and O–H groups in total. The third-order valence-corrected chi connectivity index (χ3v) is 4.19. The second kappa shape index (κ2) is 7.55. The predicted molar refractivity (Wildman–Crippen MR) is 79.4 cm³/mol. The molecule has 0 aliphatic heterocycles. The second-order valence-corrected chi connectivity index (χ2v) is 6.17. The van der Waals surface area contributed by atoms with Crippen molar-refractivity contribution in [1.82, 2.24) is 5.32 Å². The minimum Gasteiger partial charge on any atom is -0.481 e. The number of aliphatic carboxylic acids is 1. The van der Waals surface area contributed by atoms with Crippen molar-refractivity contribution in [2.45, 2.75) is 18.7 Å². The van der Waals surface area contributed by atoms with Gasteiger partial charge in [0.25, 0.3) is 0 Å². The Morgan fingerprint density at radius 1 is 1.47 bits per heavy atom. The Kier molecular flexibility index (Phi) is 6.37. The summed E-state index contributed by atoms with van der Waals surface area (Å²) in [7, 11) is 0. The van der Waals surface area contributed by atoms with Gasteiger partial charge in [0, 0.05) is 15.9 Å². The summed E-state index contributed by atoms with van der Waals surface area (Å²) >= 11 is 4.83. The van der Waals surface area contributed by atoms with Gasteiger partial charge in [0.05, 0.1) is 11.7 Å². The molecule has 0 saturated carbocycles. The molecule has 6 heteroatoms. The van der Waals surface area contributed by atoms with Gasteiger partial charge in [-0.05, 0) is 30.7 Å². The van der Waals surface area contributed by atoms with E-state index < -0.39 is 11.9 Å². The minimum absolute atomic E-state index is 0.152. The van der Waals surface area contributed by atoms with E-state index >= 15 is 0 Å². The van der Waals surface area contributed by atoms with E-state index in [2.05, 4.69) is 21.2 Å². The third-order valence-electron chi connectivity index (χ3n) is 2.52. The lowest BCUT2D eigenvalue weighted by atomic mass is 10.2. The standard InChI is InChI=1S/C13H16BrNO3S/c1-8-5-10(14)3-4-11(8)19-7-12(16)15-6-9(2)13(17)18/h3-5,9H,6-7H2,1-2H3,(H,15,16)(H,17,18). The molecule has 0 radical (unpaired) electrons. The number of thioether (sulfide) groups is 1. The lowest BCUT2D eigenvalue weighted by Crippen LogP contribution is -2.32. The predicted octanol–water partition coefficient (Wildman–Crippen LogP) is 2.69. The zero-order valence-corrected chi connectivity index (χ0v) is 13.2. The summed E-state index contributed by atoms with van der Waals surface area (Å²) in [6, 6.07) is 5.88. The van der Waals surface area contributed by atoms with Gasteiger partial charge in [-0.15, -0.1) is 11.8 Å². The fraction of sp³-hybridized carbons (Fsp3) is 0.385. The van der Waals surface area contributed by atoms with Crippen LogP contribution < -0.4 is 5.32 Å². The summed E-state index contributed by atoms with van der Waals surface area (Å²) in [6.07, 6.45) is 0. The topological polar surface area (TPSA) is 66.4 Å². The molecule has 0 heterocycles. The Morgan fingerprint density at radius 2 is 2.16 bits per heavy atom. The molecule has 0 spiro atoms. The summed E-state index contributed by atoms with van der Waals surface area (Å²) in [4.78, 5) is 23.2. The Balaban J connectivity index is 2.40. The maximum Gasteiger partial charge on any atom is 0.308 e. The Morgan fingerprint density at radius 3 is 2.74 bits per heavy atom. The van der Waals surface area contributed by atoms with Crippen molar-refractivity contribution >= 4 is 39.6 Å². The fourth-order valence-electron chi connectivity index (χ4n) is 1.32. The van der Waals surface area contributed by atoms with E-state index in [-0.39, 0.29) is 18.2 Å². The number of amides is 1. The number of benzene rings is 1. The van der Waals surface area contributed by atoms with Crippen LogP contribution in [-0.2, 0) is 9.59 Å². The van der Waals surface area contributed by atoms with Crippen molar-refractivity contribution in [2.24, 2.45) is 5.92 Å². The minimum atomic E-state index is -0.906. The fourth-order valence-corrected chi connectivity index (χ4v) is 2.64. The number of carbonyl (C=O) groups is 2. The van der Waals surface area contributed by atoms with Crippen molar-refractivity contribution < 1.29 is 14.7 Å². The molecule has 0 aliphatic rings. The first-order valence-corrected chi connectivity index (χ1v) is 7.56. The van der Waals surface area contributed by atoms with E-state index in [4.69, 9.17) is 5.11 Å². The molecule has 0 aliphatic carbocycles. The van der Waals surface area contributed by atoms with Crippen molar-refractivity contribution in [1.29, 1.82) is 0 Å². The second-order valence-electron chi connectivity index (χ2n) is 4.24. The molecule has 0 saturated heterocycles. The Hall–Kier alpha value is -1.01. The molecule has 104 valence electrons. The van der Waals surface area contributed by atoms with E-state index in [0.717, 1.165) is 14.9 Å². The Bertz CT molecular complexity index is 479. The Labute approximate surface area is 125 Å². The highest BCUT2D eigenvalue weighted by atomic mass is 79.9. The van der Waals surface area contributed by atoms with Crippen LogP contribution in [0.1, 0.15) is 12.5 Å². The molecular weight excluding hydrogens is 330 g/mol. The molecule has 0 bridgehead atoms. The quantitative estimate of drug-likeness (QED) is 0.778. The number of hydrogen-bond donors (Lipinski definition) is 2. The van der Waals surface area contributed by atoms with E-state index in [1.54, 1.807) is 6.92 Å². The van der Waals surface area contributed by atoms with Gasteiger partial charge in [0.2, 0.25) is 5.91 Å². The lowest BCUT2D eigenvalue weighted by molar-refractivity contribution is -0.141. The zero-order chi connectivity index (χ0) is 14.4. The number of rotatable bonds is 6. The van der Waals surface area contributed by atoms with Crippen molar-refractivity contribution in [3.63, 3.8) is 0 Å². The SMILES string of the molecule is Cc1cc(Br)ccc1SCC(=O)NCC(C)C(=O)O. The third kappa shape index (κ3) is 5.65. The molecule has 0 fully saturated rings. The summed E-state index contributed by atoms with van der Waals surface area (Å²) in [5.41, 5.74) is 1.10. The number of aryl methyl sites for hydroxylation is 1. The van der Waals surface area contributed by atoms with Gasteiger partial charge in [0.1, 0.15) is 0 Å². The van der Waals surface area contributed by atoms with Crippen LogP contribution in [0.4, 0.5) is 0 Å². The van der Waals surface area contributed by atoms with E-state index in [1.165, 1.54) is 11.8 Å². The maximum absolute atomic E-state index is 11.6. The normalized spacial score (nSPS) is 11.9. The van der Waals surface area contributed by atoms with Gasteiger partial charge >= 0.3 is 5.97 Å². The highest BCUT2D eigenvalue weighted by Gasteiger charge is 2.12. The summed E-state index contributed by atoms with van der Waals surface area (Å²) < 4.78 is 1.01. The van der Waals surface area contributed by atoms with Gasteiger partial charge in [-0.2, -0.15) is 0 Å². The molecular formula is C13H16BrNO3S. The van der Waals surface area contributed by atoms with E-state index in [9.17, 15) is 9.59 Å². The van der Waals surface area contributed by atoms with Crippen LogP contribution in [0.2, 0.25) is 0 Å². The smallest absolute Gasteiger partial charge is 0.308 e. The highest BCUT2D eigenvalue weighted by molar-refractivity contribution is 9.10. The highest BCUT2D eigenvalue weighted by Crippen LogP contribution is 2.24. The van der Waals surface area contributed by atoms with E-state index in [1.807, 2.05) is 25.1 Å². The number of nitrogens with one attached hydrogen (secondary N) is 1. The van der Waals surface area contributed by atoms with E-state index in [0.29, 0.717) is 0 Å². The monoisotopic (exact) mass is 345 g/mol. The number of carboxylic acid groups (broad SMARTS) is 1. The maximum atomic E-state index is 11.6. The van der Waals surface area contributed by atoms with Gasteiger partial charge in [-0.3, -0.25) is 9.59 Å². The molecule has 1 atom stereocenters. The number of carbonyl (C=O) groups excluding carboxylic acids is 1. The van der Waals surface area contributed by atoms with Crippen LogP contribution in [0.25, 0.3) is 0 Å². The average Bonchev–Trinajstić information content (AvgIpc) is 2.34. The van der Waals surface area contributed by atoms with Crippen LogP contribution >= 0.6 is 27.7 Å². The molecule has 1 aromatic carbocycles. The first-order chi connectivity index (χ1) is 8.90. The van der Waals surface area contributed by atoms with Gasteiger partial charge in [-0.25, -0.2) is 0 Å². The largest absolute Gasteiger partial charge is 0.481 e. The molecule has 0 aromatic heterocycles. The van der Waals surface area contributed by atoms with Crippen LogP contribution in [0, 0.1) is 12.8 Å². The van der Waals surface area contributed by atoms with Gasteiger partial charge in [-0.1, -0.05) is 22.9 Å². The van der Waals surface area contributed by atoms with Gasteiger partial charge in [0.15, 0.2) is 0 Å². The molecule has 1 unspecified atom stereocenters. The first kappa shape index (κ1) is 16.0. The van der Waals surface area contributed by atoms with Crippen LogP contribution in [0.5, 0.6) is 0 Å². The molecule has 1 rings (SSSR count). The van der Waals surface area contributed by atoms with Crippen LogP contribution in [0.3, 0.4) is 0 Å². The summed E-state index contributed by atoms with van der Waals surface area (Å²) in [5.74, 6) is -1.34. The number of halogens is 1. The number of carboxylic acids is 1. The summed E-state index contributed by atoms with van der Waals surface area (Å²) in [5, 5.41) is 11.3. The van der Waals surface area contributed by atoms with Gasteiger partial charge < -0.3 is 10.4 Å². The molecule has 4 nitrogen and oxygen atoms in total. The molecule has 19 heavy (non-hydrogen) atoms. The summed E-state index contributed by atoms with van der Waals surface area (Å²) in [6.45, 7) is 3.71. The number of hydrogen-bond acceptors (Lipinski definition) is 3. The molecule has 1 aromatic rings. The molecule has 1 amide bonds. The van der Waals surface area contributed by atoms with Crippen molar-refractivity contribution in [3.8, 4) is 0 Å². The average molecular weight is 346 g/mol. The first-order valence-electron chi connectivity index (χ1n) is 5.78. The lowest BCUT2D eigenvalue weighted by Gasteiger charge is -2.09. The van der Waals surface area contributed by atoms with Crippen LogP contribution in [0.15, 0.2) is 27.6 Å². The van der Waals surface area contributed by atoms with Crippen molar-refractivity contribution in [3.05, 3.63) is 28.2 Å². The zero-order valence-electron chi connectivity index (χ0n) is 10.8. The van der Waals surface area contributed by atoms with Crippen molar-refractivity contribution in [2.75, 3.05) is 12.3 Å².